The lowest BCUT2D eigenvalue weighted by atomic mass is 10.2. The number of alkyl halides is 4. The molecule has 0 saturated carbocycles. The average Bonchev–Trinajstić information content (AvgIpc) is 2.25. The number of nitrogens with one attached hydrogen (secondary N) is 1. The quantitative estimate of drug-likeness (QED) is 0.531. The molecule has 0 spiro atoms. The Kier molecular flexibility index (Phi) is 7.92. The summed E-state index contributed by atoms with van der Waals surface area (Å²) < 4.78 is 53.3. The van der Waals surface area contributed by atoms with Crippen molar-refractivity contribution in [2.24, 2.45) is 0 Å². The van der Waals surface area contributed by atoms with Gasteiger partial charge in [-0.15, -0.1) is 11.8 Å². The van der Waals surface area contributed by atoms with Gasteiger partial charge in [0.15, 0.2) is 0 Å². The van der Waals surface area contributed by atoms with Crippen LogP contribution >= 0.6 is 0 Å². The van der Waals surface area contributed by atoms with E-state index in [4.69, 9.17) is 0 Å². The third-order valence-electron chi connectivity index (χ3n) is 1.95. The van der Waals surface area contributed by atoms with Crippen LogP contribution in [0.5, 0.6) is 0 Å². The molecule has 0 aliphatic rings. The molecular formula is C11H17F4NO. The number of hydrogen-bond donors (Lipinski definition) is 1. The number of likely N-dealkylation sites (N-methyl/N-ethyl adjacent to an activating group) is 1. The maximum atomic E-state index is 12.5. The molecule has 0 saturated heterocycles. The number of ether oxygens (including phenoxy) is 1. The molecule has 0 amide bonds. The largest absolute Gasteiger partial charge is 0.373 e. The van der Waals surface area contributed by atoms with E-state index in [9.17, 15) is 17.6 Å². The molecule has 1 N–H and O–H groups in total. The molecule has 0 aromatic heterocycles. The van der Waals surface area contributed by atoms with Crippen LogP contribution in [0.15, 0.2) is 0 Å². The Balaban J connectivity index is 3.99. The Morgan fingerprint density at radius 1 is 1.35 bits per heavy atom. The maximum absolute atomic E-state index is 12.5. The van der Waals surface area contributed by atoms with E-state index in [1.807, 2.05) is 6.92 Å². The van der Waals surface area contributed by atoms with E-state index in [-0.39, 0.29) is 12.6 Å². The molecule has 0 aromatic rings. The molecule has 17 heavy (non-hydrogen) atoms. The van der Waals surface area contributed by atoms with Crippen molar-refractivity contribution in [3.63, 3.8) is 0 Å². The Morgan fingerprint density at radius 2 is 2.00 bits per heavy atom. The van der Waals surface area contributed by atoms with Crippen LogP contribution in [0.4, 0.5) is 17.6 Å². The van der Waals surface area contributed by atoms with Crippen LogP contribution in [0.1, 0.15) is 20.3 Å². The molecule has 0 radical (unpaired) electrons. The molecule has 0 aromatic carbocycles. The summed E-state index contributed by atoms with van der Waals surface area (Å²) in [7, 11) is 0. The monoisotopic (exact) mass is 255 g/mol. The SMILES string of the molecule is CC#CCC(COCC(F)(F)C(F)F)NCC. The summed E-state index contributed by atoms with van der Waals surface area (Å²) in [6.07, 6.45) is -3.26. The minimum atomic E-state index is -4.09. The summed E-state index contributed by atoms with van der Waals surface area (Å²) in [5, 5.41) is 2.97. The summed E-state index contributed by atoms with van der Waals surface area (Å²) in [5.41, 5.74) is 0. The first kappa shape index (κ1) is 16.2. The molecule has 0 aliphatic heterocycles. The van der Waals surface area contributed by atoms with Crippen molar-refractivity contribution in [3.05, 3.63) is 0 Å². The van der Waals surface area contributed by atoms with Gasteiger partial charge in [0, 0.05) is 12.5 Å². The standard InChI is InChI=1S/C11H17F4NO/c1-3-5-6-9(16-4-2)7-17-8-11(14,15)10(12)13/h9-10,16H,4,6-8H2,1-2H3. The van der Waals surface area contributed by atoms with Gasteiger partial charge in [0.25, 0.3) is 0 Å². The van der Waals surface area contributed by atoms with Gasteiger partial charge < -0.3 is 10.1 Å². The molecule has 0 rings (SSSR count). The highest BCUT2D eigenvalue weighted by atomic mass is 19.3. The van der Waals surface area contributed by atoms with Gasteiger partial charge in [-0.2, -0.15) is 8.78 Å². The van der Waals surface area contributed by atoms with Crippen LogP contribution in [-0.2, 0) is 4.74 Å². The molecule has 1 unspecified atom stereocenters. The van der Waals surface area contributed by atoms with Gasteiger partial charge in [-0.1, -0.05) is 6.92 Å². The summed E-state index contributed by atoms with van der Waals surface area (Å²) in [6, 6.07) is -0.221. The first-order valence-corrected chi connectivity index (χ1v) is 5.30. The second kappa shape index (κ2) is 8.31. The minimum Gasteiger partial charge on any atom is -0.373 e. The molecule has 2 nitrogen and oxygen atoms in total. The van der Waals surface area contributed by atoms with Crippen molar-refractivity contribution in [1.29, 1.82) is 0 Å². The minimum absolute atomic E-state index is 0.0647. The third-order valence-corrected chi connectivity index (χ3v) is 1.95. The highest BCUT2D eigenvalue weighted by molar-refractivity contribution is 4.98. The molecule has 0 aliphatic carbocycles. The van der Waals surface area contributed by atoms with Crippen molar-refractivity contribution < 1.29 is 22.3 Å². The van der Waals surface area contributed by atoms with Crippen LogP contribution in [-0.4, -0.2) is 38.1 Å². The topological polar surface area (TPSA) is 21.3 Å². The Hall–Kier alpha value is -0.800. The lowest BCUT2D eigenvalue weighted by molar-refractivity contribution is -0.166. The first-order valence-electron chi connectivity index (χ1n) is 5.30. The molecule has 0 bridgehead atoms. The van der Waals surface area contributed by atoms with Crippen molar-refractivity contribution >= 4 is 0 Å². The molecule has 6 heteroatoms. The summed E-state index contributed by atoms with van der Waals surface area (Å²) in [5.74, 6) is 1.35. The zero-order valence-corrected chi connectivity index (χ0v) is 9.90. The normalized spacial score (nSPS) is 13.4. The highest BCUT2D eigenvalue weighted by Gasteiger charge is 2.41. The van der Waals surface area contributed by atoms with Crippen molar-refractivity contribution in [2.45, 2.75) is 38.7 Å². The van der Waals surface area contributed by atoms with E-state index in [1.54, 1.807) is 6.92 Å². The van der Waals surface area contributed by atoms with E-state index in [0.29, 0.717) is 13.0 Å². The van der Waals surface area contributed by atoms with Crippen LogP contribution in [0.3, 0.4) is 0 Å². The Bertz CT molecular complexity index is 260. The van der Waals surface area contributed by atoms with E-state index in [0.717, 1.165) is 0 Å². The van der Waals surface area contributed by atoms with Gasteiger partial charge in [-0.3, -0.25) is 0 Å². The second-order valence-electron chi connectivity index (χ2n) is 3.46. The first-order chi connectivity index (χ1) is 7.94. The predicted molar refractivity (Wildman–Crippen MR) is 57.3 cm³/mol. The van der Waals surface area contributed by atoms with Gasteiger partial charge in [0.05, 0.1) is 6.61 Å². The third kappa shape index (κ3) is 7.18. The molecule has 0 heterocycles. The van der Waals surface area contributed by atoms with E-state index >= 15 is 0 Å². The molecule has 0 fully saturated rings. The summed E-state index contributed by atoms with van der Waals surface area (Å²) >= 11 is 0. The molecular weight excluding hydrogens is 238 g/mol. The van der Waals surface area contributed by atoms with Gasteiger partial charge >= 0.3 is 12.3 Å². The smallest absolute Gasteiger partial charge is 0.330 e. The van der Waals surface area contributed by atoms with E-state index < -0.39 is 19.0 Å². The average molecular weight is 255 g/mol. The van der Waals surface area contributed by atoms with Crippen molar-refractivity contribution in [2.75, 3.05) is 19.8 Å². The Morgan fingerprint density at radius 3 is 2.47 bits per heavy atom. The fraction of sp³-hybridized carbons (Fsp3) is 0.818. The predicted octanol–water partition coefficient (Wildman–Crippen LogP) is 2.29. The van der Waals surface area contributed by atoms with Crippen molar-refractivity contribution in [1.82, 2.24) is 5.32 Å². The van der Waals surface area contributed by atoms with Crippen molar-refractivity contribution in [3.8, 4) is 11.8 Å². The zero-order valence-electron chi connectivity index (χ0n) is 9.90. The number of rotatable bonds is 8. The Labute approximate surface area is 98.7 Å². The van der Waals surface area contributed by atoms with Crippen LogP contribution in [0, 0.1) is 11.8 Å². The van der Waals surface area contributed by atoms with Gasteiger partial charge in [-0.05, 0) is 13.5 Å². The number of halogens is 4. The number of hydrogen-bond acceptors (Lipinski definition) is 2. The fourth-order valence-electron chi connectivity index (χ4n) is 1.10. The van der Waals surface area contributed by atoms with E-state index in [1.165, 1.54) is 0 Å². The lowest BCUT2D eigenvalue weighted by Gasteiger charge is -2.19. The van der Waals surface area contributed by atoms with Crippen LogP contribution in [0.2, 0.25) is 0 Å². The zero-order chi connectivity index (χ0) is 13.3. The second-order valence-corrected chi connectivity index (χ2v) is 3.46. The van der Waals surface area contributed by atoms with Crippen LogP contribution < -0.4 is 5.32 Å². The highest BCUT2D eigenvalue weighted by Crippen LogP contribution is 2.22. The molecule has 1 atom stereocenters. The summed E-state index contributed by atoms with van der Waals surface area (Å²) in [6.45, 7) is 2.80. The van der Waals surface area contributed by atoms with Gasteiger partial charge in [0.2, 0.25) is 0 Å². The van der Waals surface area contributed by atoms with Crippen LogP contribution in [0.25, 0.3) is 0 Å². The van der Waals surface area contributed by atoms with Gasteiger partial charge in [-0.25, -0.2) is 8.78 Å². The lowest BCUT2D eigenvalue weighted by Crippen LogP contribution is -2.37. The molecule has 100 valence electrons. The summed E-state index contributed by atoms with van der Waals surface area (Å²) in [4.78, 5) is 0. The van der Waals surface area contributed by atoms with E-state index in [2.05, 4.69) is 21.9 Å². The van der Waals surface area contributed by atoms with Gasteiger partial charge in [0.1, 0.15) is 6.61 Å². The fourth-order valence-corrected chi connectivity index (χ4v) is 1.10. The maximum Gasteiger partial charge on any atom is 0.330 e.